The molecule has 3 heterocycles. The predicted octanol–water partition coefficient (Wildman–Crippen LogP) is 7.45. The fourth-order valence-corrected chi connectivity index (χ4v) is 7.16. The molecule has 1 N–H and O–H groups in total. The number of aliphatic imine (C=N–C) groups is 1. The summed E-state index contributed by atoms with van der Waals surface area (Å²) in [6.45, 7) is 13.5. The fourth-order valence-electron chi connectivity index (χ4n) is 4.79. The minimum atomic E-state index is -1.46. The number of aromatic nitrogens is 2. The smallest absolute Gasteiger partial charge is 0.418 e. The first kappa shape index (κ1) is 34.0. The number of amides is 1. The second-order valence-corrected chi connectivity index (χ2v) is 20.7. The molecule has 1 saturated carbocycles. The topological polar surface area (TPSA) is 114 Å². The summed E-state index contributed by atoms with van der Waals surface area (Å²) >= 11 is 6.78. The SMILES string of the molecule is CC(C)(C)OC(=O)N(COCC[Si](C)(C)C)C1=N[C@](C)(c2cc(/C=C(/F)c3ccc(Cl)cn3)cnc2F)[C@@H]2C[C@]2(C(=O)O)S1. The molecule has 3 atom stereocenters. The Kier molecular flexibility index (Phi) is 9.66. The number of carboxylic acids is 1. The lowest BCUT2D eigenvalue weighted by atomic mass is 9.86. The van der Waals surface area contributed by atoms with Crippen LogP contribution >= 0.6 is 23.4 Å². The first-order valence-electron chi connectivity index (χ1n) is 14.1. The van der Waals surface area contributed by atoms with E-state index in [0.717, 1.165) is 30.1 Å². The van der Waals surface area contributed by atoms with Crippen LogP contribution in [0.15, 0.2) is 35.6 Å². The van der Waals surface area contributed by atoms with E-state index in [2.05, 4.69) is 29.6 Å². The Hall–Kier alpha value is -2.87. The normalized spacial score (nSPS) is 23.5. The number of carbonyl (C=O) groups excluding carboxylic acids is 1. The molecule has 0 spiro atoms. The third-order valence-electron chi connectivity index (χ3n) is 7.28. The van der Waals surface area contributed by atoms with Gasteiger partial charge in [-0.15, -0.1) is 0 Å². The molecule has 4 rings (SSSR count). The summed E-state index contributed by atoms with van der Waals surface area (Å²) in [7, 11) is -1.44. The molecule has 0 radical (unpaired) electrons. The third kappa shape index (κ3) is 7.67. The summed E-state index contributed by atoms with van der Waals surface area (Å²) < 4.78 is 40.7. The number of carboxylic acid groups (broad SMARTS) is 1. The van der Waals surface area contributed by atoms with E-state index in [-0.39, 0.29) is 35.1 Å². The fraction of sp³-hybridized carbons (Fsp3) is 0.500. The van der Waals surface area contributed by atoms with Crippen molar-refractivity contribution in [1.82, 2.24) is 14.9 Å². The quantitative estimate of drug-likeness (QED) is 0.127. The van der Waals surface area contributed by atoms with Gasteiger partial charge in [0, 0.05) is 38.6 Å². The van der Waals surface area contributed by atoms with E-state index in [1.165, 1.54) is 29.3 Å². The molecular weight excluding hydrogens is 630 g/mol. The number of halogens is 3. The minimum absolute atomic E-state index is 0.0232. The Morgan fingerprint density at radius 1 is 1.25 bits per heavy atom. The van der Waals surface area contributed by atoms with Gasteiger partial charge in [-0.05, 0) is 70.0 Å². The lowest BCUT2D eigenvalue weighted by Crippen LogP contribution is -2.47. The Morgan fingerprint density at radius 2 is 1.95 bits per heavy atom. The Morgan fingerprint density at radius 3 is 2.55 bits per heavy atom. The molecule has 9 nitrogen and oxygen atoms in total. The highest BCUT2D eigenvalue weighted by Crippen LogP contribution is 2.66. The molecule has 0 bridgehead atoms. The lowest BCUT2D eigenvalue weighted by Gasteiger charge is -2.37. The number of pyridine rings is 2. The minimum Gasteiger partial charge on any atom is -0.480 e. The summed E-state index contributed by atoms with van der Waals surface area (Å²) in [5, 5.41) is 10.7. The highest BCUT2D eigenvalue weighted by Gasteiger charge is 2.72. The van der Waals surface area contributed by atoms with Gasteiger partial charge in [0.15, 0.2) is 5.17 Å². The van der Waals surface area contributed by atoms with Crippen LogP contribution in [0.5, 0.6) is 0 Å². The number of rotatable bonds is 9. The van der Waals surface area contributed by atoms with E-state index in [1.807, 2.05) is 0 Å². The van der Waals surface area contributed by atoms with E-state index >= 15 is 8.78 Å². The molecule has 0 aromatic carbocycles. The molecule has 1 fully saturated rings. The summed E-state index contributed by atoms with van der Waals surface area (Å²) in [6.07, 6.45) is 3.01. The van der Waals surface area contributed by atoms with Gasteiger partial charge in [-0.1, -0.05) is 43.0 Å². The zero-order valence-electron chi connectivity index (χ0n) is 25.8. The van der Waals surface area contributed by atoms with Crippen LogP contribution < -0.4 is 0 Å². The van der Waals surface area contributed by atoms with Crippen molar-refractivity contribution in [2.24, 2.45) is 10.9 Å². The van der Waals surface area contributed by atoms with Gasteiger partial charge < -0.3 is 14.6 Å². The first-order chi connectivity index (χ1) is 20.3. The van der Waals surface area contributed by atoms with Crippen molar-refractivity contribution in [3.8, 4) is 0 Å². The van der Waals surface area contributed by atoms with Crippen molar-refractivity contribution in [1.29, 1.82) is 0 Å². The number of hydrogen-bond donors (Lipinski definition) is 1. The van der Waals surface area contributed by atoms with E-state index < -0.39 is 53.7 Å². The van der Waals surface area contributed by atoms with Crippen LogP contribution in [0.4, 0.5) is 13.6 Å². The number of aliphatic carboxylic acids is 1. The highest BCUT2D eigenvalue weighted by atomic mass is 35.5. The van der Waals surface area contributed by atoms with Gasteiger partial charge >= 0.3 is 12.1 Å². The second-order valence-electron chi connectivity index (χ2n) is 13.3. The van der Waals surface area contributed by atoms with Crippen LogP contribution in [-0.4, -0.2) is 69.0 Å². The average Bonchev–Trinajstić information content (AvgIpc) is 3.66. The van der Waals surface area contributed by atoms with Gasteiger partial charge in [-0.3, -0.25) is 14.8 Å². The highest BCUT2D eigenvalue weighted by molar-refractivity contribution is 8.15. The summed E-state index contributed by atoms with van der Waals surface area (Å²) in [5.41, 5.74) is -2.11. The third-order valence-corrected chi connectivity index (χ3v) is 10.7. The molecule has 2 aromatic heterocycles. The molecule has 1 amide bonds. The van der Waals surface area contributed by atoms with Crippen molar-refractivity contribution in [3.05, 3.63) is 58.4 Å². The number of ether oxygens (including phenoxy) is 2. The first-order valence-corrected chi connectivity index (χ1v) is 19.0. The number of fused-ring (bicyclic) bond motifs is 1. The Labute approximate surface area is 266 Å². The van der Waals surface area contributed by atoms with E-state index in [9.17, 15) is 14.7 Å². The number of nitrogens with zero attached hydrogens (tertiary/aromatic N) is 4. The monoisotopic (exact) mass is 666 g/mol. The van der Waals surface area contributed by atoms with Crippen molar-refractivity contribution < 1.29 is 33.0 Å². The molecule has 2 aliphatic rings. The number of carbonyl (C=O) groups is 2. The van der Waals surface area contributed by atoms with Gasteiger partial charge in [0.05, 0.1) is 16.3 Å². The van der Waals surface area contributed by atoms with Crippen LogP contribution in [-0.2, 0) is 19.8 Å². The van der Waals surface area contributed by atoms with Gasteiger partial charge in [0.1, 0.15) is 22.9 Å². The van der Waals surface area contributed by atoms with Crippen molar-refractivity contribution in [2.45, 2.75) is 75.7 Å². The molecule has 0 unspecified atom stereocenters. The Bertz CT molecular complexity index is 1500. The van der Waals surface area contributed by atoms with Crippen LogP contribution in [0.2, 0.25) is 30.7 Å². The molecule has 0 saturated heterocycles. The maximum atomic E-state index is 15.5. The van der Waals surface area contributed by atoms with E-state index in [4.69, 9.17) is 26.1 Å². The summed E-state index contributed by atoms with van der Waals surface area (Å²) in [6, 6.07) is 5.13. The molecule has 238 valence electrons. The molecule has 2 aromatic rings. The van der Waals surface area contributed by atoms with Crippen molar-refractivity contribution in [2.75, 3.05) is 13.3 Å². The van der Waals surface area contributed by atoms with E-state index in [1.54, 1.807) is 27.7 Å². The zero-order valence-corrected chi connectivity index (χ0v) is 28.4. The largest absolute Gasteiger partial charge is 0.480 e. The zero-order chi connectivity index (χ0) is 32.7. The summed E-state index contributed by atoms with van der Waals surface area (Å²) in [4.78, 5) is 39.8. The number of thioether (sulfide) groups is 1. The average molecular weight is 667 g/mol. The van der Waals surface area contributed by atoms with E-state index in [0.29, 0.717) is 11.6 Å². The number of amidine groups is 1. The van der Waals surface area contributed by atoms with Crippen LogP contribution in [0, 0.1) is 11.9 Å². The molecule has 1 aliphatic carbocycles. The maximum absolute atomic E-state index is 15.5. The number of hydrogen-bond acceptors (Lipinski definition) is 8. The molecule has 44 heavy (non-hydrogen) atoms. The van der Waals surface area contributed by atoms with Gasteiger partial charge in [0.2, 0.25) is 5.95 Å². The second kappa shape index (κ2) is 12.5. The predicted molar refractivity (Wildman–Crippen MR) is 170 cm³/mol. The summed E-state index contributed by atoms with van der Waals surface area (Å²) in [5.74, 6) is -3.33. The standard InChI is InChI=1S/C30H37ClF2N4O5SSi/c1-28(2,3)42-27(40)37(17-41-10-11-44(5,6)7)26-36-29(4,23-14-30(23,43-26)25(38)39)20-12-18(15-35-24(20)33)13-21(32)22-9-8-19(31)16-34-22/h8-9,12-13,15-16,23H,10-11,14,17H2,1-7H3,(H,38,39)/b21-13+/t23-,29+,30-/m0/s1. The maximum Gasteiger partial charge on any atom is 0.418 e. The molecule has 1 aliphatic heterocycles. The van der Waals surface area contributed by atoms with Gasteiger partial charge in [-0.2, -0.15) is 4.39 Å². The van der Waals surface area contributed by atoms with Gasteiger partial charge in [0.25, 0.3) is 0 Å². The lowest BCUT2D eigenvalue weighted by molar-refractivity contribution is -0.137. The Balaban J connectivity index is 1.76. The van der Waals surface area contributed by atoms with Gasteiger partial charge in [-0.25, -0.2) is 19.1 Å². The molecular formula is C30H37ClF2N4O5SSi. The van der Waals surface area contributed by atoms with Crippen molar-refractivity contribution in [3.63, 3.8) is 0 Å². The molecule has 14 heteroatoms. The van der Waals surface area contributed by atoms with Crippen LogP contribution in [0.25, 0.3) is 11.9 Å². The van der Waals surface area contributed by atoms with Crippen molar-refractivity contribution >= 4 is 60.6 Å². The van der Waals surface area contributed by atoms with Crippen LogP contribution in [0.3, 0.4) is 0 Å². The van der Waals surface area contributed by atoms with Crippen LogP contribution in [0.1, 0.15) is 50.9 Å².